The zero-order valence-electron chi connectivity index (χ0n) is 11.4. The van der Waals surface area contributed by atoms with E-state index in [-0.39, 0.29) is 24.6 Å². The van der Waals surface area contributed by atoms with Gasteiger partial charge in [-0.2, -0.15) is 0 Å². The van der Waals surface area contributed by atoms with Crippen LogP contribution in [0.15, 0.2) is 0 Å². The van der Waals surface area contributed by atoms with Crippen LogP contribution in [0, 0.1) is 0 Å². The van der Waals surface area contributed by atoms with Gasteiger partial charge in [-0.15, -0.1) is 0 Å². The molecule has 0 radical (unpaired) electrons. The summed E-state index contributed by atoms with van der Waals surface area (Å²) in [6.07, 6.45) is 0. The summed E-state index contributed by atoms with van der Waals surface area (Å²) in [6.45, 7) is 5.07. The average Bonchev–Trinajstić information content (AvgIpc) is 2.23. The van der Waals surface area contributed by atoms with Crippen LogP contribution in [0.3, 0.4) is 0 Å². The lowest BCUT2D eigenvalue weighted by atomic mass is 10.1. The number of hydrogen-bond donors (Lipinski definition) is 1. The molecular formula is C11H20N2O5S. The number of sulfone groups is 1. The molecular weight excluding hydrogens is 272 g/mol. The molecule has 1 N–H and O–H groups in total. The molecule has 0 aromatic carbocycles. The van der Waals surface area contributed by atoms with Crippen LogP contribution in [0.4, 0.5) is 4.79 Å². The average molecular weight is 292 g/mol. The Labute approximate surface area is 113 Å². The third-order valence-electron chi connectivity index (χ3n) is 2.95. The van der Waals surface area contributed by atoms with Crippen LogP contribution in [0.5, 0.6) is 0 Å². The Balaban J connectivity index is 2.81. The number of aliphatic carboxylic acids is 1. The number of carbonyl (C=O) groups is 2. The number of amides is 2. The predicted octanol–water partition coefficient (Wildman–Crippen LogP) is 0.0219. The molecule has 0 aromatic heterocycles. The minimum absolute atomic E-state index is 0.0657. The van der Waals surface area contributed by atoms with Crippen LogP contribution in [0.2, 0.25) is 0 Å². The Morgan fingerprint density at radius 3 is 2.05 bits per heavy atom. The van der Waals surface area contributed by atoms with Crippen molar-refractivity contribution in [1.82, 2.24) is 9.80 Å². The molecule has 0 spiro atoms. The number of carboxylic acid groups (broad SMARTS) is 1. The van der Waals surface area contributed by atoms with Crippen molar-refractivity contribution in [3.63, 3.8) is 0 Å². The molecule has 0 bridgehead atoms. The zero-order chi connectivity index (χ0) is 14.8. The van der Waals surface area contributed by atoms with Crippen LogP contribution in [0.1, 0.15) is 20.8 Å². The molecule has 7 nitrogen and oxygen atoms in total. The first-order chi connectivity index (χ1) is 8.53. The Hall–Kier alpha value is -1.31. The van der Waals surface area contributed by atoms with Gasteiger partial charge in [0, 0.05) is 18.6 Å². The van der Waals surface area contributed by atoms with E-state index in [1.165, 1.54) is 9.80 Å². The smallest absolute Gasteiger partial charge is 0.323 e. The third kappa shape index (κ3) is 4.38. The molecule has 1 rings (SSSR count). The van der Waals surface area contributed by atoms with E-state index in [0.717, 1.165) is 0 Å². The number of urea groups is 1. The summed E-state index contributed by atoms with van der Waals surface area (Å²) in [5, 5.41) is 8.87. The lowest BCUT2D eigenvalue weighted by Crippen LogP contribution is -2.56. The van der Waals surface area contributed by atoms with Crippen molar-refractivity contribution in [3.05, 3.63) is 0 Å². The summed E-state index contributed by atoms with van der Waals surface area (Å²) in [4.78, 5) is 25.8. The number of hydrogen-bond acceptors (Lipinski definition) is 4. The van der Waals surface area contributed by atoms with Gasteiger partial charge in [0.25, 0.3) is 0 Å². The summed E-state index contributed by atoms with van der Waals surface area (Å²) in [6, 6.07) is -0.426. The van der Waals surface area contributed by atoms with Crippen LogP contribution in [0.25, 0.3) is 0 Å². The van der Waals surface area contributed by atoms with Crippen molar-refractivity contribution in [2.24, 2.45) is 0 Å². The van der Waals surface area contributed by atoms with Crippen molar-refractivity contribution in [1.29, 1.82) is 0 Å². The number of rotatable bonds is 2. The van der Waals surface area contributed by atoms with Gasteiger partial charge in [-0.1, -0.05) is 0 Å². The SMILES string of the molecule is CC(C)(C)N(CC(=O)O)C(=O)N1CCS(=O)(=O)CC1. The summed E-state index contributed by atoms with van der Waals surface area (Å²) in [7, 11) is -3.06. The second-order valence-corrected chi connectivity index (χ2v) is 7.88. The molecule has 0 saturated carbocycles. The van der Waals surface area contributed by atoms with Crippen molar-refractivity contribution >= 4 is 21.8 Å². The highest BCUT2D eigenvalue weighted by molar-refractivity contribution is 7.91. The quantitative estimate of drug-likeness (QED) is 0.774. The van der Waals surface area contributed by atoms with E-state index in [2.05, 4.69) is 0 Å². The maximum atomic E-state index is 12.3. The van der Waals surface area contributed by atoms with Crippen molar-refractivity contribution in [2.75, 3.05) is 31.1 Å². The van der Waals surface area contributed by atoms with E-state index in [9.17, 15) is 18.0 Å². The second kappa shape index (κ2) is 5.36. The first-order valence-corrected chi connectivity index (χ1v) is 7.84. The summed E-state index contributed by atoms with van der Waals surface area (Å²) in [5.74, 6) is -1.22. The molecule has 19 heavy (non-hydrogen) atoms. The highest BCUT2D eigenvalue weighted by Gasteiger charge is 2.34. The van der Waals surface area contributed by atoms with Crippen molar-refractivity contribution < 1.29 is 23.1 Å². The molecule has 1 aliphatic rings. The minimum atomic E-state index is -3.06. The first kappa shape index (κ1) is 15.7. The molecule has 0 aromatic rings. The molecule has 110 valence electrons. The number of carboxylic acids is 1. The van der Waals surface area contributed by atoms with Gasteiger partial charge in [-0.05, 0) is 20.8 Å². The van der Waals surface area contributed by atoms with Crippen LogP contribution < -0.4 is 0 Å². The summed E-state index contributed by atoms with van der Waals surface area (Å²) < 4.78 is 22.6. The van der Waals surface area contributed by atoms with Gasteiger partial charge in [0.05, 0.1) is 11.5 Å². The van der Waals surface area contributed by atoms with Crippen LogP contribution in [-0.4, -0.2) is 72.0 Å². The highest BCUT2D eigenvalue weighted by Crippen LogP contribution is 2.17. The van der Waals surface area contributed by atoms with E-state index in [4.69, 9.17) is 5.11 Å². The van der Waals surface area contributed by atoms with Gasteiger partial charge in [-0.3, -0.25) is 4.79 Å². The number of nitrogens with zero attached hydrogens (tertiary/aromatic N) is 2. The molecule has 0 aliphatic carbocycles. The number of carbonyl (C=O) groups excluding carboxylic acids is 1. The zero-order valence-corrected chi connectivity index (χ0v) is 12.2. The monoisotopic (exact) mass is 292 g/mol. The Bertz CT molecular complexity index is 452. The fourth-order valence-corrected chi connectivity index (χ4v) is 3.00. The van der Waals surface area contributed by atoms with Crippen molar-refractivity contribution in [3.8, 4) is 0 Å². The van der Waals surface area contributed by atoms with E-state index in [0.29, 0.717) is 0 Å². The minimum Gasteiger partial charge on any atom is -0.480 e. The molecule has 1 saturated heterocycles. The highest BCUT2D eigenvalue weighted by atomic mass is 32.2. The molecule has 1 aliphatic heterocycles. The Kier molecular flexibility index (Phi) is 4.44. The fraction of sp³-hybridized carbons (Fsp3) is 0.818. The van der Waals surface area contributed by atoms with Gasteiger partial charge in [-0.25, -0.2) is 13.2 Å². The Morgan fingerprint density at radius 2 is 1.68 bits per heavy atom. The summed E-state index contributed by atoms with van der Waals surface area (Å²) >= 11 is 0. The second-order valence-electron chi connectivity index (χ2n) is 5.57. The lowest BCUT2D eigenvalue weighted by Gasteiger charge is -2.39. The van der Waals surface area contributed by atoms with Crippen LogP contribution in [-0.2, 0) is 14.6 Å². The van der Waals surface area contributed by atoms with E-state index < -0.39 is 33.9 Å². The molecule has 8 heteroatoms. The molecule has 1 fully saturated rings. The predicted molar refractivity (Wildman–Crippen MR) is 69.7 cm³/mol. The summed E-state index contributed by atoms with van der Waals surface area (Å²) in [5.41, 5.74) is -0.633. The molecule has 0 unspecified atom stereocenters. The standard InChI is InChI=1S/C11H20N2O5S/c1-11(2,3)13(8-9(14)15)10(16)12-4-6-19(17,18)7-5-12/h4-8H2,1-3H3,(H,14,15). The van der Waals surface area contributed by atoms with Gasteiger partial charge in [0.1, 0.15) is 6.54 Å². The molecule has 1 heterocycles. The first-order valence-electron chi connectivity index (χ1n) is 6.02. The van der Waals surface area contributed by atoms with Crippen LogP contribution >= 0.6 is 0 Å². The van der Waals surface area contributed by atoms with E-state index >= 15 is 0 Å². The van der Waals surface area contributed by atoms with Gasteiger partial charge >= 0.3 is 12.0 Å². The van der Waals surface area contributed by atoms with Gasteiger partial charge in [0.2, 0.25) is 0 Å². The fourth-order valence-electron chi connectivity index (χ4n) is 1.80. The van der Waals surface area contributed by atoms with E-state index in [1.54, 1.807) is 20.8 Å². The molecule has 0 atom stereocenters. The third-order valence-corrected chi connectivity index (χ3v) is 4.56. The Morgan fingerprint density at radius 1 is 1.21 bits per heavy atom. The maximum Gasteiger partial charge on any atom is 0.323 e. The lowest BCUT2D eigenvalue weighted by molar-refractivity contribution is -0.138. The normalized spacial score (nSPS) is 19.0. The van der Waals surface area contributed by atoms with E-state index in [1.807, 2.05) is 0 Å². The topological polar surface area (TPSA) is 95.0 Å². The molecule has 2 amide bonds. The van der Waals surface area contributed by atoms with Gasteiger partial charge in [0.15, 0.2) is 9.84 Å². The maximum absolute atomic E-state index is 12.3. The van der Waals surface area contributed by atoms with Crippen molar-refractivity contribution in [2.45, 2.75) is 26.3 Å². The van der Waals surface area contributed by atoms with Gasteiger partial charge < -0.3 is 14.9 Å². The largest absolute Gasteiger partial charge is 0.480 e.